The van der Waals surface area contributed by atoms with E-state index in [2.05, 4.69) is 10.5 Å². The molecule has 152 valence electrons. The Morgan fingerprint density at radius 3 is 2.29 bits per heavy atom. The molecule has 2 aliphatic rings. The lowest BCUT2D eigenvalue weighted by Gasteiger charge is -2.14. The van der Waals surface area contributed by atoms with Gasteiger partial charge in [-0.2, -0.15) is 5.10 Å². The van der Waals surface area contributed by atoms with Crippen LogP contribution in [0.2, 0.25) is 0 Å². The lowest BCUT2D eigenvalue weighted by Crippen LogP contribution is -2.29. The Hall–Kier alpha value is -4.46. The number of amides is 3. The fraction of sp³-hybridized carbons (Fsp3) is 0.0435. The summed E-state index contributed by atoms with van der Waals surface area (Å²) in [5, 5.41) is 3.95. The highest BCUT2D eigenvalue weighted by atomic mass is 16.7. The molecule has 3 amide bonds. The van der Waals surface area contributed by atoms with E-state index in [0.717, 1.165) is 10.5 Å². The molecule has 0 unspecified atom stereocenters. The summed E-state index contributed by atoms with van der Waals surface area (Å²) in [7, 11) is 0. The maximum Gasteiger partial charge on any atom is 0.271 e. The molecule has 0 saturated heterocycles. The molecule has 0 spiro atoms. The molecular weight excluding hydrogens is 398 g/mol. The van der Waals surface area contributed by atoms with Gasteiger partial charge in [-0.05, 0) is 60.2 Å². The van der Waals surface area contributed by atoms with Gasteiger partial charge in [-0.15, -0.1) is 0 Å². The molecule has 0 fully saturated rings. The Kier molecular flexibility index (Phi) is 4.44. The monoisotopic (exact) mass is 413 g/mol. The van der Waals surface area contributed by atoms with E-state index in [-0.39, 0.29) is 18.6 Å². The first-order valence-corrected chi connectivity index (χ1v) is 9.43. The molecule has 3 aromatic carbocycles. The smallest absolute Gasteiger partial charge is 0.271 e. The Bertz CT molecular complexity index is 1220. The van der Waals surface area contributed by atoms with Crippen LogP contribution in [0.4, 0.5) is 5.69 Å². The predicted octanol–water partition coefficient (Wildman–Crippen LogP) is 2.98. The second-order valence-electron chi connectivity index (χ2n) is 6.85. The van der Waals surface area contributed by atoms with E-state index < -0.39 is 5.91 Å². The third kappa shape index (κ3) is 3.29. The highest BCUT2D eigenvalue weighted by Gasteiger charge is 2.36. The SMILES string of the molecule is O=C(NN=Cc1ccc2c(c1)OCO2)c1ccc(N2C(=O)c3ccccc3C2=O)cc1. The molecule has 8 heteroatoms. The molecule has 2 aliphatic heterocycles. The van der Waals surface area contributed by atoms with Crippen molar-refractivity contribution in [2.45, 2.75) is 0 Å². The van der Waals surface area contributed by atoms with Crippen molar-refractivity contribution in [2.24, 2.45) is 5.10 Å². The lowest BCUT2D eigenvalue weighted by molar-refractivity contribution is 0.0923. The van der Waals surface area contributed by atoms with Gasteiger partial charge in [0.15, 0.2) is 11.5 Å². The maximum absolute atomic E-state index is 12.6. The number of nitrogens with one attached hydrogen (secondary N) is 1. The molecule has 0 aliphatic carbocycles. The zero-order chi connectivity index (χ0) is 21.4. The van der Waals surface area contributed by atoms with E-state index in [1.807, 2.05) is 0 Å². The van der Waals surface area contributed by atoms with E-state index in [0.29, 0.717) is 33.9 Å². The van der Waals surface area contributed by atoms with Gasteiger partial charge in [0.1, 0.15) is 0 Å². The third-order valence-corrected chi connectivity index (χ3v) is 4.96. The van der Waals surface area contributed by atoms with Crippen molar-refractivity contribution < 1.29 is 23.9 Å². The molecule has 0 saturated carbocycles. The summed E-state index contributed by atoms with van der Waals surface area (Å²) in [5.74, 6) is 0.0986. The standard InChI is InChI=1S/C23H15N3O5/c27-21(25-24-12-14-5-10-19-20(11-14)31-13-30-19)15-6-8-16(9-7-15)26-22(28)17-3-1-2-4-18(17)23(26)29/h1-12H,13H2,(H,25,27). The van der Waals surface area contributed by atoms with Crippen LogP contribution in [-0.4, -0.2) is 30.7 Å². The zero-order valence-electron chi connectivity index (χ0n) is 16.1. The van der Waals surface area contributed by atoms with Crippen LogP contribution in [0, 0.1) is 0 Å². The molecule has 8 nitrogen and oxygen atoms in total. The van der Waals surface area contributed by atoms with E-state index in [4.69, 9.17) is 9.47 Å². The minimum absolute atomic E-state index is 0.184. The molecule has 0 aromatic heterocycles. The van der Waals surface area contributed by atoms with Crippen molar-refractivity contribution >= 4 is 29.6 Å². The largest absolute Gasteiger partial charge is 0.454 e. The van der Waals surface area contributed by atoms with Crippen LogP contribution in [0.5, 0.6) is 11.5 Å². The van der Waals surface area contributed by atoms with Gasteiger partial charge in [0.05, 0.1) is 23.0 Å². The lowest BCUT2D eigenvalue weighted by atomic mass is 10.1. The zero-order valence-corrected chi connectivity index (χ0v) is 16.1. The van der Waals surface area contributed by atoms with Crippen molar-refractivity contribution in [3.63, 3.8) is 0 Å². The number of benzene rings is 3. The van der Waals surface area contributed by atoms with Gasteiger partial charge in [0, 0.05) is 5.56 Å². The summed E-state index contributed by atoms with van der Waals surface area (Å²) in [4.78, 5) is 38.6. The van der Waals surface area contributed by atoms with Crippen molar-refractivity contribution in [1.82, 2.24) is 5.43 Å². The summed E-state index contributed by atoms with van der Waals surface area (Å²) in [6.45, 7) is 0.184. The molecule has 1 N–H and O–H groups in total. The van der Waals surface area contributed by atoms with Crippen molar-refractivity contribution in [1.29, 1.82) is 0 Å². The number of carbonyl (C=O) groups excluding carboxylic acids is 3. The maximum atomic E-state index is 12.6. The van der Waals surface area contributed by atoms with Crippen LogP contribution in [0.3, 0.4) is 0 Å². The second-order valence-corrected chi connectivity index (χ2v) is 6.85. The number of carbonyl (C=O) groups is 3. The Labute approximate surface area is 176 Å². The van der Waals surface area contributed by atoms with Gasteiger partial charge in [-0.1, -0.05) is 12.1 Å². The number of anilines is 1. The number of ether oxygens (including phenoxy) is 2. The van der Waals surface area contributed by atoms with Crippen LogP contribution in [-0.2, 0) is 0 Å². The van der Waals surface area contributed by atoms with Crippen LogP contribution in [0.15, 0.2) is 71.8 Å². The Morgan fingerprint density at radius 1 is 0.903 bits per heavy atom. The molecule has 31 heavy (non-hydrogen) atoms. The number of imide groups is 1. The van der Waals surface area contributed by atoms with Crippen molar-refractivity contribution in [3.05, 3.63) is 89.0 Å². The van der Waals surface area contributed by atoms with E-state index in [1.54, 1.807) is 54.6 Å². The summed E-state index contributed by atoms with van der Waals surface area (Å²) in [6.07, 6.45) is 1.49. The van der Waals surface area contributed by atoms with Crippen molar-refractivity contribution in [3.8, 4) is 11.5 Å². The average molecular weight is 413 g/mol. The van der Waals surface area contributed by atoms with Crippen LogP contribution >= 0.6 is 0 Å². The van der Waals surface area contributed by atoms with Gasteiger partial charge in [0.25, 0.3) is 17.7 Å². The summed E-state index contributed by atoms with van der Waals surface area (Å²) in [5.41, 5.74) is 4.65. The molecule has 0 bridgehead atoms. The highest BCUT2D eigenvalue weighted by molar-refractivity contribution is 6.34. The molecule has 5 rings (SSSR count). The number of hydrazone groups is 1. The number of hydrogen-bond acceptors (Lipinski definition) is 6. The topological polar surface area (TPSA) is 97.3 Å². The van der Waals surface area contributed by atoms with E-state index >= 15 is 0 Å². The van der Waals surface area contributed by atoms with Crippen LogP contribution in [0.25, 0.3) is 0 Å². The van der Waals surface area contributed by atoms with E-state index in [9.17, 15) is 14.4 Å². The minimum atomic E-state index is -0.425. The van der Waals surface area contributed by atoms with Gasteiger partial charge < -0.3 is 9.47 Å². The van der Waals surface area contributed by atoms with Gasteiger partial charge in [0.2, 0.25) is 6.79 Å². The van der Waals surface area contributed by atoms with Gasteiger partial charge in [-0.3, -0.25) is 14.4 Å². The van der Waals surface area contributed by atoms with Gasteiger partial charge in [-0.25, -0.2) is 10.3 Å². The highest BCUT2D eigenvalue weighted by Crippen LogP contribution is 2.32. The first-order chi connectivity index (χ1) is 15.1. The molecular formula is C23H15N3O5. The third-order valence-electron chi connectivity index (χ3n) is 4.96. The second kappa shape index (κ2) is 7.42. The first-order valence-electron chi connectivity index (χ1n) is 9.43. The van der Waals surface area contributed by atoms with Crippen molar-refractivity contribution in [2.75, 3.05) is 11.7 Å². The summed E-state index contributed by atoms with van der Waals surface area (Å²) in [6, 6.07) is 18.2. The Balaban J connectivity index is 1.26. The Morgan fingerprint density at radius 2 is 1.58 bits per heavy atom. The average Bonchev–Trinajstić information content (AvgIpc) is 3.36. The fourth-order valence-corrected chi connectivity index (χ4v) is 3.41. The molecule has 3 aromatic rings. The molecule has 2 heterocycles. The predicted molar refractivity (Wildman–Crippen MR) is 112 cm³/mol. The quantitative estimate of drug-likeness (QED) is 0.403. The number of rotatable bonds is 4. The van der Waals surface area contributed by atoms with Crippen LogP contribution < -0.4 is 19.8 Å². The summed E-state index contributed by atoms with van der Waals surface area (Å²) >= 11 is 0. The fourth-order valence-electron chi connectivity index (χ4n) is 3.41. The number of fused-ring (bicyclic) bond motifs is 2. The summed E-state index contributed by atoms with van der Waals surface area (Å²) < 4.78 is 10.6. The minimum Gasteiger partial charge on any atom is -0.454 e. The number of hydrogen-bond donors (Lipinski definition) is 1. The normalized spacial score (nSPS) is 14.3. The molecule has 0 atom stereocenters. The van der Waals surface area contributed by atoms with E-state index in [1.165, 1.54) is 18.3 Å². The van der Waals surface area contributed by atoms with Crippen LogP contribution in [0.1, 0.15) is 36.6 Å². The first kappa shape index (κ1) is 18.6. The molecule has 0 radical (unpaired) electrons. The van der Waals surface area contributed by atoms with Gasteiger partial charge >= 0.3 is 0 Å². The number of nitrogens with zero attached hydrogens (tertiary/aromatic N) is 2.